The summed E-state index contributed by atoms with van der Waals surface area (Å²) in [6, 6.07) is 0.516. The summed E-state index contributed by atoms with van der Waals surface area (Å²) >= 11 is 0. The molecular weight excluding hydrogens is 180 g/mol. The zero-order valence-corrected chi connectivity index (χ0v) is 8.33. The van der Waals surface area contributed by atoms with Crippen molar-refractivity contribution in [2.75, 3.05) is 6.54 Å². The molecule has 2 rings (SSSR count). The average Bonchev–Trinajstić information content (AvgIpc) is 2.72. The van der Waals surface area contributed by atoms with E-state index in [1.165, 1.54) is 0 Å². The zero-order valence-electron chi connectivity index (χ0n) is 8.33. The van der Waals surface area contributed by atoms with E-state index in [4.69, 9.17) is 0 Å². The Morgan fingerprint density at radius 1 is 1.43 bits per heavy atom. The molecule has 0 aromatic heterocycles. The Hall–Kier alpha value is -0.610. The first-order chi connectivity index (χ1) is 6.75. The van der Waals surface area contributed by atoms with E-state index in [0.717, 1.165) is 32.2 Å². The van der Waals surface area contributed by atoms with Crippen LogP contribution in [0.2, 0.25) is 0 Å². The van der Waals surface area contributed by atoms with Crippen molar-refractivity contribution in [1.29, 1.82) is 0 Å². The summed E-state index contributed by atoms with van der Waals surface area (Å²) in [6.07, 6.45) is 4.47. The fraction of sp³-hybridized carbons (Fsp3) is 0.900. The first kappa shape index (κ1) is 9.93. The second-order valence-corrected chi connectivity index (χ2v) is 4.32. The van der Waals surface area contributed by atoms with Crippen molar-refractivity contribution < 1.29 is 9.90 Å². The Balaban J connectivity index is 1.69. The van der Waals surface area contributed by atoms with Gasteiger partial charge in [-0.15, -0.1) is 0 Å². The van der Waals surface area contributed by atoms with E-state index >= 15 is 0 Å². The highest BCUT2D eigenvalue weighted by atomic mass is 16.3. The van der Waals surface area contributed by atoms with E-state index in [1.54, 1.807) is 0 Å². The summed E-state index contributed by atoms with van der Waals surface area (Å²) in [7, 11) is 0. The molecule has 1 aliphatic carbocycles. The summed E-state index contributed by atoms with van der Waals surface area (Å²) in [4.78, 5) is 10.9. The van der Waals surface area contributed by atoms with Crippen molar-refractivity contribution >= 4 is 5.91 Å². The summed E-state index contributed by atoms with van der Waals surface area (Å²) in [5, 5.41) is 15.8. The van der Waals surface area contributed by atoms with Crippen molar-refractivity contribution in [3.05, 3.63) is 0 Å². The average molecular weight is 198 g/mol. The van der Waals surface area contributed by atoms with Crippen LogP contribution in [-0.4, -0.2) is 35.7 Å². The Bertz CT molecular complexity index is 220. The lowest BCUT2D eigenvalue weighted by molar-refractivity contribution is -0.119. The second kappa shape index (κ2) is 4.28. The quantitative estimate of drug-likeness (QED) is 0.587. The standard InChI is InChI=1S/C10H18N2O2/c13-9-3-1-2-8(9)11-6-7-4-5-10(14)12-7/h7-9,11,13H,1-6H2,(H,12,14). The Morgan fingerprint density at radius 2 is 2.29 bits per heavy atom. The molecule has 1 aliphatic heterocycles. The molecule has 2 aliphatic rings. The van der Waals surface area contributed by atoms with Crippen LogP contribution in [0.25, 0.3) is 0 Å². The van der Waals surface area contributed by atoms with Gasteiger partial charge in [0.25, 0.3) is 0 Å². The van der Waals surface area contributed by atoms with Crippen molar-refractivity contribution in [2.24, 2.45) is 0 Å². The lowest BCUT2D eigenvalue weighted by Crippen LogP contribution is -2.43. The summed E-state index contributed by atoms with van der Waals surface area (Å²) < 4.78 is 0. The summed E-state index contributed by atoms with van der Waals surface area (Å²) in [6.45, 7) is 0.799. The van der Waals surface area contributed by atoms with Crippen LogP contribution in [0.5, 0.6) is 0 Å². The fourth-order valence-electron chi connectivity index (χ4n) is 2.30. The third kappa shape index (κ3) is 2.25. The van der Waals surface area contributed by atoms with Gasteiger partial charge in [-0.1, -0.05) is 0 Å². The van der Waals surface area contributed by atoms with Gasteiger partial charge in [-0.2, -0.15) is 0 Å². The number of hydrogen-bond donors (Lipinski definition) is 3. The second-order valence-electron chi connectivity index (χ2n) is 4.32. The third-order valence-corrected chi connectivity index (χ3v) is 3.19. The van der Waals surface area contributed by atoms with Gasteiger partial charge in [0.15, 0.2) is 0 Å². The predicted octanol–water partition coefficient (Wildman–Crippen LogP) is -0.232. The maximum Gasteiger partial charge on any atom is 0.220 e. The van der Waals surface area contributed by atoms with Gasteiger partial charge in [-0.3, -0.25) is 4.79 Å². The monoisotopic (exact) mass is 198 g/mol. The van der Waals surface area contributed by atoms with E-state index in [1.807, 2.05) is 0 Å². The number of aliphatic hydroxyl groups is 1. The van der Waals surface area contributed by atoms with Gasteiger partial charge in [0.2, 0.25) is 5.91 Å². The van der Waals surface area contributed by atoms with Gasteiger partial charge in [0.05, 0.1) is 6.10 Å². The molecule has 3 atom stereocenters. The van der Waals surface area contributed by atoms with Crippen LogP contribution in [-0.2, 0) is 4.79 Å². The molecule has 1 saturated heterocycles. The lowest BCUT2D eigenvalue weighted by Gasteiger charge is -2.19. The number of hydrogen-bond acceptors (Lipinski definition) is 3. The third-order valence-electron chi connectivity index (χ3n) is 3.19. The molecule has 1 amide bonds. The molecule has 0 bridgehead atoms. The molecule has 3 unspecified atom stereocenters. The SMILES string of the molecule is O=C1CCC(CNC2CCCC2O)N1. The minimum Gasteiger partial charge on any atom is -0.392 e. The molecule has 0 radical (unpaired) electrons. The molecule has 4 heteroatoms. The summed E-state index contributed by atoms with van der Waals surface area (Å²) in [5.41, 5.74) is 0. The van der Waals surface area contributed by atoms with E-state index in [-0.39, 0.29) is 24.1 Å². The fourth-order valence-corrected chi connectivity index (χ4v) is 2.30. The van der Waals surface area contributed by atoms with E-state index in [9.17, 15) is 9.90 Å². The molecule has 4 nitrogen and oxygen atoms in total. The first-order valence-electron chi connectivity index (χ1n) is 5.46. The minimum absolute atomic E-state index is 0.156. The van der Waals surface area contributed by atoms with E-state index in [2.05, 4.69) is 10.6 Å². The molecule has 80 valence electrons. The van der Waals surface area contributed by atoms with Crippen molar-refractivity contribution in [3.8, 4) is 0 Å². The highest BCUT2D eigenvalue weighted by Crippen LogP contribution is 2.18. The molecular formula is C10H18N2O2. The largest absolute Gasteiger partial charge is 0.392 e. The Morgan fingerprint density at radius 3 is 2.86 bits per heavy atom. The molecule has 0 aromatic rings. The Labute approximate surface area is 84.1 Å². The highest BCUT2D eigenvalue weighted by molar-refractivity contribution is 5.78. The van der Waals surface area contributed by atoms with Gasteiger partial charge in [0.1, 0.15) is 0 Å². The van der Waals surface area contributed by atoms with Crippen LogP contribution < -0.4 is 10.6 Å². The lowest BCUT2D eigenvalue weighted by atomic mass is 10.2. The summed E-state index contributed by atoms with van der Waals surface area (Å²) in [5.74, 6) is 0.156. The molecule has 14 heavy (non-hydrogen) atoms. The van der Waals surface area contributed by atoms with Crippen LogP contribution in [0.4, 0.5) is 0 Å². The molecule has 2 fully saturated rings. The van der Waals surface area contributed by atoms with Gasteiger partial charge in [-0.25, -0.2) is 0 Å². The number of aliphatic hydroxyl groups excluding tert-OH is 1. The highest BCUT2D eigenvalue weighted by Gasteiger charge is 2.27. The topological polar surface area (TPSA) is 61.4 Å². The molecule has 1 heterocycles. The first-order valence-corrected chi connectivity index (χ1v) is 5.46. The maximum absolute atomic E-state index is 10.9. The van der Waals surface area contributed by atoms with Gasteiger partial charge in [0, 0.05) is 25.0 Å². The van der Waals surface area contributed by atoms with Crippen LogP contribution in [0.3, 0.4) is 0 Å². The molecule has 1 saturated carbocycles. The van der Waals surface area contributed by atoms with E-state index in [0.29, 0.717) is 6.42 Å². The maximum atomic E-state index is 10.9. The molecule has 0 aromatic carbocycles. The van der Waals surface area contributed by atoms with Gasteiger partial charge < -0.3 is 15.7 Å². The zero-order chi connectivity index (χ0) is 9.97. The van der Waals surface area contributed by atoms with Crippen LogP contribution in [0, 0.1) is 0 Å². The van der Waals surface area contributed by atoms with E-state index < -0.39 is 0 Å². The molecule has 3 N–H and O–H groups in total. The van der Waals surface area contributed by atoms with Crippen LogP contribution in [0.15, 0.2) is 0 Å². The molecule has 0 spiro atoms. The van der Waals surface area contributed by atoms with Crippen molar-refractivity contribution in [2.45, 2.75) is 50.3 Å². The van der Waals surface area contributed by atoms with Crippen LogP contribution >= 0.6 is 0 Å². The van der Waals surface area contributed by atoms with Crippen molar-refractivity contribution in [3.63, 3.8) is 0 Å². The van der Waals surface area contributed by atoms with Gasteiger partial charge in [-0.05, 0) is 25.7 Å². The number of rotatable bonds is 3. The number of carbonyl (C=O) groups excluding carboxylic acids is 1. The number of nitrogens with one attached hydrogen (secondary N) is 2. The van der Waals surface area contributed by atoms with Gasteiger partial charge >= 0.3 is 0 Å². The van der Waals surface area contributed by atoms with Crippen LogP contribution in [0.1, 0.15) is 32.1 Å². The predicted molar refractivity (Wildman–Crippen MR) is 52.8 cm³/mol. The number of amides is 1. The minimum atomic E-state index is -0.188. The number of carbonyl (C=O) groups is 1. The van der Waals surface area contributed by atoms with Crippen molar-refractivity contribution in [1.82, 2.24) is 10.6 Å². The smallest absolute Gasteiger partial charge is 0.220 e. The Kier molecular flexibility index (Phi) is 3.03. The normalized spacial score (nSPS) is 37.5.